The molecule has 0 aromatic heterocycles. The van der Waals surface area contributed by atoms with Gasteiger partial charge in [-0.15, -0.1) is 0 Å². The van der Waals surface area contributed by atoms with Crippen molar-refractivity contribution in [3.63, 3.8) is 0 Å². The lowest BCUT2D eigenvalue weighted by molar-refractivity contribution is -0.384. The topological polar surface area (TPSA) is 114 Å². The molecule has 9 heteroatoms. The Kier molecular flexibility index (Phi) is 6.89. The zero-order valence-electron chi connectivity index (χ0n) is 18.0. The summed E-state index contributed by atoms with van der Waals surface area (Å²) in [6, 6.07) is 16.7. The van der Waals surface area contributed by atoms with E-state index in [1.807, 2.05) is 37.3 Å². The van der Waals surface area contributed by atoms with Crippen molar-refractivity contribution in [1.29, 1.82) is 0 Å². The van der Waals surface area contributed by atoms with Crippen LogP contribution in [0.5, 0.6) is 0 Å². The zero-order valence-corrected chi connectivity index (χ0v) is 18.8. The summed E-state index contributed by atoms with van der Waals surface area (Å²) in [5.74, 6) is 0. The average molecular weight is 453 g/mol. The van der Waals surface area contributed by atoms with Gasteiger partial charge in [0.15, 0.2) is 0 Å². The molecule has 0 radical (unpaired) electrons. The standard InChI is InChI=1S/C23H24N4O4S/c1-4-18-6-8-19(9-7-18)15-24-25-22-12-10-20(14-23(22)27(28)29)32(30,31)26-21-11-5-16(2)13-17(21)3/h5-15,25-26H,4H2,1-3H3/b24-15-. The second-order valence-corrected chi connectivity index (χ2v) is 9.01. The van der Waals surface area contributed by atoms with E-state index in [1.54, 1.807) is 19.1 Å². The molecule has 0 unspecified atom stereocenters. The molecule has 3 rings (SSSR count). The first-order valence-corrected chi connectivity index (χ1v) is 11.4. The van der Waals surface area contributed by atoms with Crippen molar-refractivity contribution < 1.29 is 13.3 Å². The summed E-state index contributed by atoms with van der Waals surface area (Å²) in [4.78, 5) is 10.7. The van der Waals surface area contributed by atoms with E-state index < -0.39 is 20.6 Å². The van der Waals surface area contributed by atoms with E-state index in [2.05, 4.69) is 22.2 Å². The van der Waals surface area contributed by atoms with E-state index in [-0.39, 0.29) is 10.6 Å². The molecule has 166 valence electrons. The van der Waals surface area contributed by atoms with Crippen LogP contribution in [0, 0.1) is 24.0 Å². The van der Waals surface area contributed by atoms with Gasteiger partial charge in [0.25, 0.3) is 15.7 Å². The number of sulfonamides is 1. The molecule has 0 saturated carbocycles. The van der Waals surface area contributed by atoms with Crippen LogP contribution in [0.4, 0.5) is 17.1 Å². The third-order valence-electron chi connectivity index (χ3n) is 4.89. The van der Waals surface area contributed by atoms with Crippen LogP contribution in [0.3, 0.4) is 0 Å². The molecule has 0 spiro atoms. The van der Waals surface area contributed by atoms with Gasteiger partial charge < -0.3 is 0 Å². The summed E-state index contributed by atoms with van der Waals surface area (Å²) in [6.07, 6.45) is 2.46. The highest BCUT2D eigenvalue weighted by Crippen LogP contribution is 2.29. The van der Waals surface area contributed by atoms with Crippen LogP contribution >= 0.6 is 0 Å². The molecule has 0 aliphatic rings. The van der Waals surface area contributed by atoms with Crippen molar-refractivity contribution in [1.82, 2.24) is 0 Å². The Bertz CT molecular complexity index is 1270. The second kappa shape index (κ2) is 9.61. The molecule has 0 atom stereocenters. The average Bonchev–Trinajstić information content (AvgIpc) is 2.76. The lowest BCUT2D eigenvalue weighted by Gasteiger charge is -2.12. The van der Waals surface area contributed by atoms with Crippen molar-refractivity contribution in [2.75, 3.05) is 10.1 Å². The van der Waals surface area contributed by atoms with E-state index >= 15 is 0 Å². The van der Waals surface area contributed by atoms with Crippen LogP contribution in [0.25, 0.3) is 0 Å². The summed E-state index contributed by atoms with van der Waals surface area (Å²) in [5.41, 5.74) is 6.50. The van der Waals surface area contributed by atoms with Gasteiger partial charge in [-0.1, -0.05) is 48.9 Å². The molecule has 0 amide bonds. The fourth-order valence-electron chi connectivity index (χ4n) is 3.07. The van der Waals surface area contributed by atoms with Gasteiger partial charge in [-0.25, -0.2) is 8.42 Å². The van der Waals surface area contributed by atoms with Gasteiger partial charge in [-0.05, 0) is 55.2 Å². The van der Waals surface area contributed by atoms with Crippen molar-refractivity contribution >= 4 is 33.3 Å². The van der Waals surface area contributed by atoms with Crippen LogP contribution in [-0.2, 0) is 16.4 Å². The Morgan fingerprint density at radius 3 is 2.31 bits per heavy atom. The van der Waals surface area contributed by atoms with E-state index in [1.165, 1.54) is 23.9 Å². The molecule has 3 aromatic rings. The molecule has 0 fully saturated rings. The molecule has 0 saturated heterocycles. The van der Waals surface area contributed by atoms with Gasteiger partial charge in [0.2, 0.25) is 0 Å². The maximum absolute atomic E-state index is 12.8. The highest BCUT2D eigenvalue weighted by atomic mass is 32.2. The quantitative estimate of drug-likeness (QED) is 0.283. The van der Waals surface area contributed by atoms with Gasteiger partial charge >= 0.3 is 0 Å². The monoisotopic (exact) mass is 452 g/mol. The number of nitrogens with zero attached hydrogens (tertiary/aromatic N) is 2. The van der Waals surface area contributed by atoms with Crippen molar-refractivity contribution in [3.8, 4) is 0 Å². The predicted molar refractivity (Wildman–Crippen MR) is 127 cm³/mol. The molecule has 8 nitrogen and oxygen atoms in total. The normalized spacial score (nSPS) is 11.5. The molecule has 0 aliphatic heterocycles. The van der Waals surface area contributed by atoms with Gasteiger partial charge in [0, 0.05) is 6.07 Å². The number of hydrogen-bond donors (Lipinski definition) is 2. The number of nitro groups is 1. The highest BCUT2D eigenvalue weighted by molar-refractivity contribution is 7.92. The molecular weight excluding hydrogens is 428 g/mol. The smallest absolute Gasteiger partial charge is 0.279 e. The first-order chi connectivity index (χ1) is 15.2. The molecule has 2 N–H and O–H groups in total. The summed E-state index contributed by atoms with van der Waals surface area (Å²) in [5, 5.41) is 15.6. The second-order valence-electron chi connectivity index (χ2n) is 7.33. The van der Waals surface area contributed by atoms with Gasteiger partial charge in [-0.2, -0.15) is 5.10 Å². The first-order valence-electron chi connectivity index (χ1n) is 9.96. The summed E-state index contributed by atoms with van der Waals surface area (Å²) >= 11 is 0. The van der Waals surface area contributed by atoms with E-state index in [0.717, 1.165) is 29.2 Å². The minimum Gasteiger partial charge on any atom is -0.279 e. The maximum Gasteiger partial charge on any atom is 0.295 e. The SMILES string of the molecule is CCc1ccc(/C=N\Nc2ccc(S(=O)(=O)Nc3ccc(C)cc3C)cc2[N+](=O)[O-])cc1. The Balaban J connectivity index is 1.83. The Morgan fingerprint density at radius 1 is 1.00 bits per heavy atom. The Morgan fingerprint density at radius 2 is 1.69 bits per heavy atom. The van der Waals surface area contributed by atoms with Crippen LogP contribution in [0.1, 0.15) is 29.2 Å². The number of rotatable bonds is 8. The third kappa shape index (κ3) is 5.50. The van der Waals surface area contributed by atoms with Crippen molar-refractivity contribution in [2.45, 2.75) is 32.1 Å². The minimum atomic E-state index is -4.01. The van der Waals surface area contributed by atoms with Crippen LogP contribution in [-0.4, -0.2) is 19.6 Å². The number of nitro benzene ring substituents is 1. The minimum absolute atomic E-state index is 0.0851. The van der Waals surface area contributed by atoms with Crippen LogP contribution in [0.2, 0.25) is 0 Å². The fraction of sp³-hybridized carbons (Fsp3) is 0.174. The highest BCUT2D eigenvalue weighted by Gasteiger charge is 2.22. The van der Waals surface area contributed by atoms with Crippen molar-refractivity contribution in [2.24, 2.45) is 5.10 Å². The predicted octanol–water partition coefficient (Wildman–Crippen LogP) is 5.02. The number of hydrazone groups is 1. The largest absolute Gasteiger partial charge is 0.295 e. The van der Waals surface area contributed by atoms with Gasteiger partial charge in [-0.3, -0.25) is 20.3 Å². The zero-order chi connectivity index (χ0) is 23.3. The lowest BCUT2D eigenvalue weighted by atomic mass is 10.1. The van der Waals surface area contributed by atoms with Gasteiger partial charge in [0.05, 0.1) is 21.7 Å². The number of nitrogens with one attached hydrogen (secondary N) is 2. The number of hydrogen-bond acceptors (Lipinski definition) is 6. The first kappa shape index (κ1) is 23.0. The van der Waals surface area contributed by atoms with Crippen LogP contribution in [0.15, 0.2) is 70.7 Å². The number of benzene rings is 3. The van der Waals surface area contributed by atoms with E-state index in [4.69, 9.17) is 0 Å². The summed E-state index contributed by atoms with van der Waals surface area (Å²) < 4.78 is 28.1. The summed E-state index contributed by atoms with van der Waals surface area (Å²) in [7, 11) is -4.01. The van der Waals surface area contributed by atoms with E-state index in [9.17, 15) is 18.5 Å². The van der Waals surface area contributed by atoms with Crippen LogP contribution < -0.4 is 10.1 Å². The van der Waals surface area contributed by atoms with E-state index in [0.29, 0.717) is 5.69 Å². The molecule has 3 aromatic carbocycles. The maximum atomic E-state index is 12.8. The molecule has 0 bridgehead atoms. The lowest BCUT2D eigenvalue weighted by Crippen LogP contribution is -2.14. The molecular formula is C23H24N4O4S. The molecule has 0 heterocycles. The number of anilines is 2. The summed E-state index contributed by atoms with van der Waals surface area (Å²) in [6.45, 7) is 5.75. The Labute approximate surface area is 187 Å². The molecule has 32 heavy (non-hydrogen) atoms. The number of aryl methyl sites for hydroxylation is 3. The van der Waals surface area contributed by atoms with Crippen molar-refractivity contribution in [3.05, 3.63) is 93.0 Å². The molecule has 0 aliphatic carbocycles. The van der Waals surface area contributed by atoms with Gasteiger partial charge in [0.1, 0.15) is 5.69 Å². The Hall–Kier alpha value is -3.72. The third-order valence-corrected chi connectivity index (χ3v) is 6.25. The fourth-order valence-corrected chi connectivity index (χ4v) is 4.22.